The van der Waals surface area contributed by atoms with E-state index in [2.05, 4.69) is 15.4 Å². The van der Waals surface area contributed by atoms with E-state index >= 15 is 0 Å². The molecular formula is C21H18FN5O2S. The van der Waals surface area contributed by atoms with Crippen molar-refractivity contribution in [3.8, 4) is 0 Å². The van der Waals surface area contributed by atoms with Crippen LogP contribution in [0.15, 0.2) is 70.7 Å². The number of rotatable bonds is 6. The molecule has 4 rings (SSSR count). The number of hydrogen-bond acceptors (Lipinski definition) is 5. The summed E-state index contributed by atoms with van der Waals surface area (Å²) in [5.41, 5.74) is 2.12. The van der Waals surface area contributed by atoms with Gasteiger partial charge in [0.05, 0.1) is 18.5 Å². The number of carbonyl (C=O) groups excluding carboxylic acids is 1. The molecule has 0 spiro atoms. The maximum atomic E-state index is 13.1. The van der Waals surface area contributed by atoms with Crippen molar-refractivity contribution in [2.75, 3.05) is 11.1 Å². The van der Waals surface area contributed by atoms with E-state index in [1.807, 2.05) is 30.3 Å². The Morgan fingerprint density at radius 2 is 1.87 bits per heavy atom. The number of benzene rings is 2. The van der Waals surface area contributed by atoms with Crippen LogP contribution in [-0.4, -0.2) is 31.0 Å². The Kier molecular flexibility index (Phi) is 5.62. The molecule has 0 bridgehead atoms. The molecule has 2 aromatic heterocycles. The quantitative estimate of drug-likeness (QED) is 0.381. The van der Waals surface area contributed by atoms with E-state index in [-0.39, 0.29) is 23.0 Å². The van der Waals surface area contributed by atoms with E-state index in [1.165, 1.54) is 35.1 Å². The lowest BCUT2D eigenvalue weighted by atomic mass is 10.2. The fraction of sp³-hybridized carbons (Fsp3) is 0.143. The third kappa shape index (κ3) is 4.25. The van der Waals surface area contributed by atoms with E-state index in [9.17, 15) is 14.0 Å². The summed E-state index contributed by atoms with van der Waals surface area (Å²) < 4.78 is 16.1. The fourth-order valence-electron chi connectivity index (χ4n) is 3.01. The second-order valence-electron chi connectivity index (χ2n) is 6.62. The highest BCUT2D eigenvalue weighted by Crippen LogP contribution is 2.19. The molecule has 0 atom stereocenters. The van der Waals surface area contributed by atoms with Crippen LogP contribution in [0.25, 0.3) is 11.0 Å². The Morgan fingerprint density at radius 1 is 1.13 bits per heavy atom. The van der Waals surface area contributed by atoms with Crippen LogP contribution in [0.3, 0.4) is 0 Å². The summed E-state index contributed by atoms with van der Waals surface area (Å²) in [6.07, 6.45) is 1.53. The third-order valence-electron chi connectivity index (χ3n) is 4.46. The molecule has 0 saturated heterocycles. The van der Waals surface area contributed by atoms with Gasteiger partial charge in [0.1, 0.15) is 11.3 Å². The minimum atomic E-state index is -0.374. The van der Waals surface area contributed by atoms with Crippen LogP contribution < -0.4 is 10.9 Å². The number of halogens is 1. The molecule has 0 aliphatic heterocycles. The van der Waals surface area contributed by atoms with Crippen molar-refractivity contribution in [1.29, 1.82) is 0 Å². The van der Waals surface area contributed by atoms with E-state index in [4.69, 9.17) is 0 Å². The van der Waals surface area contributed by atoms with Crippen LogP contribution in [0, 0.1) is 5.82 Å². The van der Waals surface area contributed by atoms with Crippen LogP contribution in [-0.2, 0) is 18.4 Å². The summed E-state index contributed by atoms with van der Waals surface area (Å²) in [6.45, 7) is 0.329. The molecule has 152 valence electrons. The van der Waals surface area contributed by atoms with Gasteiger partial charge in [0, 0.05) is 12.7 Å². The molecule has 2 aromatic carbocycles. The highest BCUT2D eigenvalue weighted by molar-refractivity contribution is 7.99. The van der Waals surface area contributed by atoms with Crippen LogP contribution in [0.4, 0.5) is 10.1 Å². The zero-order valence-corrected chi connectivity index (χ0v) is 16.9. The maximum absolute atomic E-state index is 13.1. The van der Waals surface area contributed by atoms with Crippen molar-refractivity contribution in [2.45, 2.75) is 11.7 Å². The monoisotopic (exact) mass is 423 g/mol. The lowest BCUT2D eigenvalue weighted by Gasteiger charge is -2.12. The maximum Gasteiger partial charge on any atom is 0.280 e. The van der Waals surface area contributed by atoms with Gasteiger partial charge >= 0.3 is 0 Å². The van der Waals surface area contributed by atoms with Crippen LogP contribution >= 0.6 is 11.8 Å². The normalized spacial score (nSPS) is 11.0. The Morgan fingerprint density at radius 3 is 2.60 bits per heavy atom. The average Bonchev–Trinajstić information content (AvgIpc) is 3.12. The number of nitrogens with one attached hydrogen (secondary N) is 1. The summed E-state index contributed by atoms with van der Waals surface area (Å²) in [6, 6.07) is 15.1. The largest absolute Gasteiger partial charge is 0.325 e. The van der Waals surface area contributed by atoms with Gasteiger partial charge in [-0.3, -0.25) is 18.8 Å². The molecule has 9 heteroatoms. The van der Waals surface area contributed by atoms with Crippen LogP contribution in [0.1, 0.15) is 5.56 Å². The van der Waals surface area contributed by atoms with Gasteiger partial charge in [-0.25, -0.2) is 9.37 Å². The zero-order valence-electron chi connectivity index (χ0n) is 16.1. The van der Waals surface area contributed by atoms with Gasteiger partial charge < -0.3 is 5.32 Å². The summed E-state index contributed by atoms with van der Waals surface area (Å²) in [4.78, 5) is 30.0. The molecule has 30 heavy (non-hydrogen) atoms. The number of nitrogens with zero attached hydrogens (tertiary/aromatic N) is 4. The van der Waals surface area contributed by atoms with Crippen molar-refractivity contribution in [2.24, 2.45) is 7.05 Å². The van der Waals surface area contributed by atoms with E-state index < -0.39 is 0 Å². The minimum absolute atomic E-state index is 0.0460. The Hall–Kier alpha value is -3.46. The van der Waals surface area contributed by atoms with E-state index in [1.54, 1.807) is 11.6 Å². The molecule has 1 N–H and O–H groups in total. The van der Waals surface area contributed by atoms with Gasteiger partial charge in [0.25, 0.3) is 5.56 Å². The van der Waals surface area contributed by atoms with Crippen molar-refractivity contribution < 1.29 is 9.18 Å². The van der Waals surface area contributed by atoms with Crippen molar-refractivity contribution in [3.05, 3.63) is 82.5 Å². The predicted molar refractivity (Wildman–Crippen MR) is 114 cm³/mol. The molecule has 0 radical (unpaired) electrons. The molecule has 0 aliphatic rings. The smallest absolute Gasteiger partial charge is 0.280 e. The molecule has 0 aliphatic carbocycles. The van der Waals surface area contributed by atoms with Crippen molar-refractivity contribution >= 4 is 34.4 Å². The minimum Gasteiger partial charge on any atom is -0.325 e. The molecule has 1 amide bonds. The van der Waals surface area contributed by atoms with Crippen molar-refractivity contribution in [3.63, 3.8) is 0 Å². The molecule has 0 saturated carbocycles. The number of anilines is 1. The Labute approximate surface area is 175 Å². The topological polar surface area (TPSA) is 81.8 Å². The SMILES string of the molecule is Cn1ncc2nc(SCC(=O)Nc3ccc(F)cc3)n(Cc3ccccc3)c(=O)c21. The highest BCUT2D eigenvalue weighted by Gasteiger charge is 2.16. The number of thioether (sulfide) groups is 1. The average molecular weight is 423 g/mol. The van der Waals surface area contributed by atoms with Gasteiger partial charge in [-0.1, -0.05) is 42.1 Å². The first-order valence-electron chi connectivity index (χ1n) is 9.16. The number of fused-ring (bicyclic) bond motifs is 1. The summed E-state index contributed by atoms with van der Waals surface area (Å²) in [5, 5.41) is 7.26. The number of aromatic nitrogens is 4. The summed E-state index contributed by atoms with van der Waals surface area (Å²) in [7, 11) is 1.70. The van der Waals surface area contributed by atoms with Gasteiger partial charge in [-0.15, -0.1) is 0 Å². The first-order chi connectivity index (χ1) is 14.5. The number of aryl methyl sites for hydroxylation is 1. The van der Waals surface area contributed by atoms with E-state index in [0.717, 1.165) is 17.3 Å². The summed E-state index contributed by atoms with van der Waals surface area (Å²) in [5.74, 6) is -0.607. The lowest BCUT2D eigenvalue weighted by Crippen LogP contribution is -2.26. The second kappa shape index (κ2) is 8.50. The van der Waals surface area contributed by atoms with Gasteiger partial charge in [0.2, 0.25) is 5.91 Å². The number of amides is 1. The molecule has 0 fully saturated rings. The molecule has 7 nitrogen and oxygen atoms in total. The first-order valence-corrected chi connectivity index (χ1v) is 10.1. The molecule has 0 unspecified atom stereocenters. The molecule has 4 aromatic rings. The number of hydrogen-bond donors (Lipinski definition) is 1. The molecule has 2 heterocycles. The van der Waals surface area contributed by atoms with Crippen LogP contribution in [0.5, 0.6) is 0 Å². The number of carbonyl (C=O) groups is 1. The van der Waals surface area contributed by atoms with Crippen LogP contribution in [0.2, 0.25) is 0 Å². The van der Waals surface area contributed by atoms with E-state index in [0.29, 0.717) is 28.4 Å². The van der Waals surface area contributed by atoms with Gasteiger partial charge in [0.15, 0.2) is 10.7 Å². The fourth-order valence-corrected chi connectivity index (χ4v) is 3.81. The Bertz CT molecular complexity index is 1250. The molecular weight excluding hydrogens is 405 g/mol. The Balaban J connectivity index is 1.60. The standard InChI is InChI=1S/C21H18FN5O2S/c1-26-19-17(11-23-26)25-21(27(20(19)29)12-14-5-3-2-4-6-14)30-13-18(28)24-16-9-7-15(22)8-10-16/h2-11H,12-13H2,1H3,(H,24,28). The van der Waals surface area contributed by atoms with Gasteiger partial charge in [-0.05, 0) is 29.8 Å². The second-order valence-corrected chi connectivity index (χ2v) is 7.56. The highest BCUT2D eigenvalue weighted by atomic mass is 32.2. The first kappa shape index (κ1) is 19.8. The third-order valence-corrected chi connectivity index (χ3v) is 5.43. The van der Waals surface area contributed by atoms with Crippen molar-refractivity contribution in [1.82, 2.24) is 19.3 Å². The predicted octanol–water partition coefficient (Wildman–Crippen LogP) is 3.05. The lowest BCUT2D eigenvalue weighted by molar-refractivity contribution is -0.113. The zero-order chi connectivity index (χ0) is 21.1. The summed E-state index contributed by atoms with van der Waals surface area (Å²) >= 11 is 1.16. The van der Waals surface area contributed by atoms with Gasteiger partial charge in [-0.2, -0.15) is 5.10 Å².